The Balaban J connectivity index is 0.000000266. The van der Waals surface area contributed by atoms with Crippen molar-refractivity contribution in [3.8, 4) is 0 Å². The maximum absolute atomic E-state index is 13.2. The number of benzene rings is 1. The van der Waals surface area contributed by atoms with E-state index in [0.717, 1.165) is 44.5 Å². The van der Waals surface area contributed by atoms with Gasteiger partial charge in [0.15, 0.2) is 23.0 Å². The zero-order valence-electron chi connectivity index (χ0n) is 26.0. The standard InChI is InChI=1S/C22H28F3N5O.C9H12N4O2/c1-16(2)9-10-26-21(31)19-7-8-20(28-27-19)30-13-11-29(12-14-30)15-17-5-3-4-6-18(17)22(23,24)25;14-9(15)7-1-2-8(12-11-7)13-5-3-10-4-6-13/h3-8,16H,9-15H2,1-2H3,(H,26,31);1-2,10H,3-6H2,(H,14,15). The molecule has 2 aliphatic rings. The largest absolute Gasteiger partial charge is 0.476 e. The van der Waals surface area contributed by atoms with Crippen LogP contribution in [0.2, 0.25) is 0 Å². The van der Waals surface area contributed by atoms with Crippen molar-refractivity contribution in [1.29, 1.82) is 0 Å². The van der Waals surface area contributed by atoms with Gasteiger partial charge in [-0.2, -0.15) is 13.2 Å². The molecule has 0 bridgehead atoms. The summed E-state index contributed by atoms with van der Waals surface area (Å²) in [5.74, 6) is 0.618. The van der Waals surface area contributed by atoms with Gasteiger partial charge in [0, 0.05) is 65.4 Å². The zero-order valence-corrected chi connectivity index (χ0v) is 26.0. The average molecular weight is 644 g/mol. The smallest absolute Gasteiger partial charge is 0.416 e. The molecule has 1 amide bonds. The van der Waals surface area contributed by atoms with Crippen molar-refractivity contribution >= 4 is 23.5 Å². The minimum atomic E-state index is -4.35. The molecule has 0 saturated carbocycles. The third kappa shape index (κ3) is 10.1. The van der Waals surface area contributed by atoms with E-state index in [1.807, 2.05) is 9.80 Å². The molecule has 2 saturated heterocycles. The molecule has 4 heterocycles. The van der Waals surface area contributed by atoms with Gasteiger partial charge in [0.1, 0.15) is 0 Å². The van der Waals surface area contributed by atoms with E-state index >= 15 is 0 Å². The number of aromatic nitrogens is 4. The van der Waals surface area contributed by atoms with Crippen LogP contribution in [0.15, 0.2) is 48.5 Å². The first-order valence-corrected chi connectivity index (χ1v) is 15.3. The Labute approximate surface area is 266 Å². The number of anilines is 2. The molecule has 0 atom stereocenters. The third-order valence-electron chi connectivity index (χ3n) is 7.61. The fourth-order valence-electron chi connectivity index (χ4n) is 4.99. The number of carbonyl (C=O) groups excluding carboxylic acids is 1. The van der Waals surface area contributed by atoms with Crippen molar-refractivity contribution in [3.05, 3.63) is 71.0 Å². The van der Waals surface area contributed by atoms with Gasteiger partial charge in [0.25, 0.3) is 5.91 Å². The molecule has 5 rings (SSSR count). The van der Waals surface area contributed by atoms with Crippen LogP contribution in [0.4, 0.5) is 24.8 Å². The first kappa shape index (κ1) is 34.5. The number of hydrogen-bond acceptors (Lipinski definition) is 10. The number of amides is 1. The molecule has 2 aromatic heterocycles. The Bertz CT molecular complexity index is 1410. The molecule has 3 aromatic rings. The van der Waals surface area contributed by atoms with Crippen molar-refractivity contribution in [1.82, 2.24) is 35.9 Å². The van der Waals surface area contributed by atoms with Gasteiger partial charge in [-0.1, -0.05) is 32.0 Å². The van der Waals surface area contributed by atoms with Crippen LogP contribution >= 0.6 is 0 Å². The highest BCUT2D eigenvalue weighted by Crippen LogP contribution is 2.32. The highest BCUT2D eigenvalue weighted by Gasteiger charge is 2.33. The van der Waals surface area contributed by atoms with Gasteiger partial charge in [-0.25, -0.2) is 4.79 Å². The monoisotopic (exact) mass is 643 g/mol. The predicted octanol–water partition coefficient (Wildman–Crippen LogP) is 3.18. The van der Waals surface area contributed by atoms with Gasteiger partial charge >= 0.3 is 12.1 Å². The molecule has 0 spiro atoms. The number of carbonyl (C=O) groups is 2. The molecule has 15 heteroatoms. The predicted molar refractivity (Wildman–Crippen MR) is 167 cm³/mol. The second-order valence-corrected chi connectivity index (χ2v) is 11.5. The number of piperazine rings is 2. The third-order valence-corrected chi connectivity index (χ3v) is 7.61. The fourth-order valence-corrected chi connectivity index (χ4v) is 4.99. The maximum Gasteiger partial charge on any atom is 0.416 e. The first-order valence-electron chi connectivity index (χ1n) is 15.3. The number of rotatable bonds is 9. The Kier molecular flexibility index (Phi) is 12.2. The lowest BCUT2D eigenvalue weighted by molar-refractivity contribution is -0.138. The van der Waals surface area contributed by atoms with E-state index in [1.165, 1.54) is 18.2 Å². The molecule has 12 nitrogen and oxygen atoms in total. The molecule has 2 aliphatic heterocycles. The molecule has 46 heavy (non-hydrogen) atoms. The van der Waals surface area contributed by atoms with E-state index in [1.54, 1.807) is 24.3 Å². The van der Waals surface area contributed by atoms with Crippen LogP contribution in [0.1, 0.15) is 52.4 Å². The van der Waals surface area contributed by atoms with Crippen LogP contribution < -0.4 is 20.4 Å². The van der Waals surface area contributed by atoms with E-state index < -0.39 is 17.7 Å². The quantitative estimate of drug-likeness (QED) is 0.317. The molecule has 248 valence electrons. The Morgan fingerprint density at radius 2 is 1.43 bits per heavy atom. The van der Waals surface area contributed by atoms with E-state index in [2.05, 4.69) is 49.8 Å². The number of alkyl halides is 3. The lowest BCUT2D eigenvalue weighted by Gasteiger charge is -2.35. The van der Waals surface area contributed by atoms with E-state index in [9.17, 15) is 22.8 Å². The molecule has 1 aromatic carbocycles. The number of hydrogen-bond donors (Lipinski definition) is 3. The summed E-state index contributed by atoms with van der Waals surface area (Å²) in [6.07, 6.45) is -3.45. The summed E-state index contributed by atoms with van der Waals surface area (Å²) in [4.78, 5) is 28.8. The van der Waals surface area contributed by atoms with Crippen LogP contribution in [-0.4, -0.2) is 101 Å². The van der Waals surface area contributed by atoms with Crippen molar-refractivity contribution in [2.45, 2.75) is 33.0 Å². The van der Waals surface area contributed by atoms with Crippen LogP contribution in [0.3, 0.4) is 0 Å². The summed E-state index contributed by atoms with van der Waals surface area (Å²) >= 11 is 0. The van der Waals surface area contributed by atoms with Crippen molar-refractivity contribution in [3.63, 3.8) is 0 Å². The highest BCUT2D eigenvalue weighted by atomic mass is 19.4. The second kappa shape index (κ2) is 16.3. The van der Waals surface area contributed by atoms with E-state index in [4.69, 9.17) is 5.11 Å². The molecule has 0 aliphatic carbocycles. The summed E-state index contributed by atoms with van der Waals surface area (Å²) in [6, 6.07) is 12.3. The average Bonchev–Trinajstić information content (AvgIpc) is 3.05. The second-order valence-electron chi connectivity index (χ2n) is 11.5. The molecule has 2 fully saturated rings. The maximum atomic E-state index is 13.2. The summed E-state index contributed by atoms with van der Waals surface area (Å²) in [7, 11) is 0. The van der Waals surface area contributed by atoms with Crippen LogP contribution in [0.25, 0.3) is 0 Å². The van der Waals surface area contributed by atoms with E-state index in [0.29, 0.717) is 44.5 Å². The van der Waals surface area contributed by atoms with Crippen LogP contribution in [0, 0.1) is 5.92 Å². The summed E-state index contributed by atoms with van der Waals surface area (Å²) < 4.78 is 39.6. The molecular weight excluding hydrogens is 603 g/mol. The Hall–Kier alpha value is -4.37. The summed E-state index contributed by atoms with van der Waals surface area (Å²) in [5.41, 5.74) is -0.0367. The van der Waals surface area contributed by atoms with Crippen molar-refractivity contribution in [2.75, 3.05) is 68.7 Å². The Morgan fingerprint density at radius 1 is 0.848 bits per heavy atom. The van der Waals surface area contributed by atoms with Crippen molar-refractivity contribution in [2.24, 2.45) is 5.92 Å². The molecule has 3 N–H and O–H groups in total. The van der Waals surface area contributed by atoms with Gasteiger partial charge in [-0.3, -0.25) is 9.69 Å². The van der Waals surface area contributed by atoms with Gasteiger partial charge < -0.3 is 25.5 Å². The van der Waals surface area contributed by atoms with E-state index in [-0.39, 0.29) is 29.4 Å². The van der Waals surface area contributed by atoms with Crippen LogP contribution in [-0.2, 0) is 12.7 Å². The van der Waals surface area contributed by atoms with Gasteiger partial charge in [0.2, 0.25) is 0 Å². The topological polar surface area (TPSA) is 140 Å². The van der Waals surface area contributed by atoms with Crippen molar-refractivity contribution < 1.29 is 27.9 Å². The number of halogens is 3. The zero-order chi connectivity index (χ0) is 33.1. The Morgan fingerprint density at radius 3 is 1.98 bits per heavy atom. The lowest BCUT2D eigenvalue weighted by atomic mass is 10.1. The van der Waals surface area contributed by atoms with Gasteiger partial charge in [-0.15, -0.1) is 20.4 Å². The molecule has 0 unspecified atom stereocenters. The van der Waals surface area contributed by atoms with Gasteiger partial charge in [-0.05, 0) is 48.2 Å². The minimum absolute atomic E-state index is 0.0196. The number of nitrogens with zero attached hydrogens (tertiary/aromatic N) is 7. The summed E-state index contributed by atoms with van der Waals surface area (Å²) in [5, 5.41) is 30.5. The summed E-state index contributed by atoms with van der Waals surface area (Å²) in [6.45, 7) is 11.1. The number of carboxylic acid groups (broad SMARTS) is 1. The SMILES string of the molecule is CC(C)CCNC(=O)c1ccc(N2CCN(Cc3ccccc3C(F)(F)F)CC2)nn1.O=C(O)c1ccc(N2CCNCC2)nn1. The number of nitrogens with one attached hydrogen (secondary N) is 2. The normalized spacial score (nSPS) is 15.7. The number of aromatic carboxylic acids is 1. The molecular formula is C31H40F3N9O3. The van der Waals surface area contributed by atoms with Crippen LogP contribution in [0.5, 0.6) is 0 Å². The fraction of sp³-hybridized carbons (Fsp3) is 0.484. The van der Waals surface area contributed by atoms with Gasteiger partial charge in [0.05, 0.1) is 5.56 Å². The minimum Gasteiger partial charge on any atom is -0.476 e. The highest BCUT2D eigenvalue weighted by molar-refractivity contribution is 5.92. The number of carboxylic acids is 1. The molecule has 0 radical (unpaired) electrons. The first-order chi connectivity index (χ1) is 22.0. The lowest BCUT2D eigenvalue weighted by Crippen LogP contribution is -2.46.